The van der Waals surface area contributed by atoms with Crippen LogP contribution in [0.5, 0.6) is 0 Å². The Hall–Kier alpha value is -0.310. The summed E-state index contributed by atoms with van der Waals surface area (Å²) < 4.78 is 0.305. The molecule has 0 spiro atoms. The number of quaternary nitrogens is 1. The van der Waals surface area contributed by atoms with Crippen molar-refractivity contribution in [3.63, 3.8) is 0 Å². The van der Waals surface area contributed by atoms with Gasteiger partial charge >= 0.3 is 0 Å². The van der Waals surface area contributed by atoms with Crippen LogP contribution in [0.4, 0.5) is 0 Å². The van der Waals surface area contributed by atoms with E-state index in [4.69, 9.17) is 0 Å². The van der Waals surface area contributed by atoms with E-state index in [1.807, 2.05) is 21.1 Å². The maximum atomic E-state index is 13.1. The summed E-state index contributed by atoms with van der Waals surface area (Å²) in [4.78, 5) is 26.2. The van der Waals surface area contributed by atoms with Crippen LogP contribution in [0.2, 0.25) is 0 Å². The lowest BCUT2D eigenvalue weighted by atomic mass is 9.85. The molecule has 0 aromatic carbocycles. The van der Waals surface area contributed by atoms with Crippen molar-refractivity contribution in [2.75, 3.05) is 21.1 Å². The maximum Gasteiger partial charge on any atom is 0.204 e. The molecule has 1 unspecified atom stereocenters. The van der Waals surface area contributed by atoms with E-state index >= 15 is 0 Å². The highest BCUT2D eigenvalue weighted by Gasteiger charge is 2.48. The highest BCUT2D eigenvalue weighted by molar-refractivity contribution is 7.17. The molecular formula is C27H54NO3P. The summed E-state index contributed by atoms with van der Waals surface area (Å²) in [6.45, 7) is 4.44. The van der Waals surface area contributed by atoms with Gasteiger partial charge in [0.05, 0.1) is 21.1 Å². The van der Waals surface area contributed by atoms with Crippen LogP contribution in [0.3, 0.4) is 0 Å². The minimum absolute atomic E-state index is 0.273. The van der Waals surface area contributed by atoms with Crippen LogP contribution in [0.25, 0.3) is 0 Å². The predicted molar refractivity (Wildman–Crippen MR) is 140 cm³/mol. The second kappa shape index (κ2) is 18.1. The topological polar surface area (TPSA) is 54.4 Å². The van der Waals surface area contributed by atoms with Gasteiger partial charge in [0, 0.05) is 18.6 Å². The number of hydrogen-bond acceptors (Lipinski definition) is 3. The summed E-state index contributed by atoms with van der Waals surface area (Å²) >= 11 is 0. The Morgan fingerprint density at radius 2 is 0.938 bits per heavy atom. The molecule has 1 atom stereocenters. The number of carbonyl (C=O) groups is 2. The van der Waals surface area contributed by atoms with Gasteiger partial charge in [0.1, 0.15) is 0 Å². The van der Waals surface area contributed by atoms with Crippen LogP contribution in [0.15, 0.2) is 0 Å². The third kappa shape index (κ3) is 12.8. The molecule has 190 valence electrons. The normalized spacial score (nSPS) is 13.3. The smallest absolute Gasteiger partial charge is 0.204 e. The average Bonchev–Trinajstić information content (AvgIpc) is 2.75. The highest BCUT2D eigenvalue weighted by Crippen LogP contribution is 2.30. The molecule has 32 heavy (non-hydrogen) atoms. The molecule has 5 heteroatoms. The van der Waals surface area contributed by atoms with Crippen LogP contribution in [0, 0.1) is 0 Å². The van der Waals surface area contributed by atoms with Crippen LogP contribution in [-0.2, 0) is 9.59 Å². The molecule has 0 aliphatic carbocycles. The van der Waals surface area contributed by atoms with Gasteiger partial charge in [-0.2, -0.15) is 0 Å². The number of nitrogens with zero attached hydrogens (tertiary/aromatic N) is 1. The zero-order chi connectivity index (χ0) is 24.5. The Kier molecular flexibility index (Phi) is 17.9. The lowest BCUT2D eigenvalue weighted by Gasteiger charge is -2.46. The molecular weight excluding hydrogens is 417 g/mol. The summed E-state index contributed by atoms with van der Waals surface area (Å²) in [7, 11) is 9.28. The molecule has 0 amide bonds. The Balaban J connectivity index is 4.62. The highest BCUT2D eigenvalue weighted by atomic mass is 31.0. The van der Waals surface area contributed by atoms with E-state index in [-0.39, 0.29) is 24.4 Å². The predicted octanol–water partition coefficient (Wildman–Crippen LogP) is 7.09. The molecule has 0 bridgehead atoms. The SMILES string of the molecule is CCCCCCCCCCC(=O)C(O)(C(=O)CCCCCCCCCC)C([PH-])[N+](C)(C)C. The van der Waals surface area contributed by atoms with E-state index in [1.165, 1.54) is 64.2 Å². The standard InChI is InChI=1S/C27H54NO3P/c1-6-8-10-12-14-16-18-20-22-24(29)27(31,26(32)28(3,4)5)25(30)23-21-19-17-15-13-11-9-7-2/h26,31-32H,6-23H2,1-5H3. The number of aliphatic hydroxyl groups is 1. The fraction of sp³-hybridized carbons (Fsp3) is 0.926. The monoisotopic (exact) mass is 471 g/mol. The molecule has 0 heterocycles. The summed E-state index contributed by atoms with van der Waals surface area (Å²) in [6.07, 6.45) is 18.8. The van der Waals surface area contributed by atoms with E-state index < -0.39 is 11.4 Å². The van der Waals surface area contributed by atoms with Crippen LogP contribution in [0.1, 0.15) is 129 Å². The third-order valence-electron chi connectivity index (χ3n) is 6.54. The average molecular weight is 472 g/mol. The second-order valence-corrected chi connectivity index (χ2v) is 11.1. The molecule has 0 saturated heterocycles. The number of hydrogen-bond donors (Lipinski definition) is 1. The van der Waals surface area contributed by atoms with E-state index in [0.717, 1.165) is 38.5 Å². The molecule has 0 saturated carbocycles. The zero-order valence-corrected chi connectivity index (χ0v) is 23.0. The first-order valence-corrected chi connectivity index (χ1v) is 14.0. The van der Waals surface area contributed by atoms with Gasteiger partial charge in [0.15, 0.2) is 11.6 Å². The van der Waals surface area contributed by atoms with Crippen molar-refractivity contribution in [1.29, 1.82) is 0 Å². The van der Waals surface area contributed by atoms with Crippen LogP contribution in [-0.4, -0.2) is 53.7 Å². The Bertz CT molecular complexity index is 470. The molecule has 0 aliphatic heterocycles. The fourth-order valence-corrected chi connectivity index (χ4v) is 4.56. The van der Waals surface area contributed by atoms with Crippen molar-refractivity contribution >= 4 is 20.8 Å². The van der Waals surface area contributed by atoms with Crippen molar-refractivity contribution in [3.05, 3.63) is 0 Å². The molecule has 0 rings (SSSR count). The summed E-state index contributed by atoms with van der Waals surface area (Å²) in [5.41, 5.74) is -1.95. The Labute approximate surface area is 202 Å². The summed E-state index contributed by atoms with van der Waals surface area (Å²) in [5.74, 6) is -1.28. The van der Waals surface area contributed by atoms with Crippen LogP contribution < -0.4 is 0 Å². The first kappa shape index (κ1) is 31.7. The van der Waals surface area contributed by atoms with Gasteiger partial charge in [-0.05, 0) is 12.8 Å². The number of unbranched alkanes of at least 4 members (excludes halogenated alkanes) is 14. The molecule has 0 aromatic rings. The van der Waals surface area contributed by atoms with E-state index in [1.54, 1.807) is 0 Å². The summed E-state index contributed by atoms with van der Waals surface area (Å²) in [6, 6.07) is 0. The zero-order valence-electron chi connectivity index (χ0n) is 22.0. The number of rotatable bonds is 22. The lowest BCUT2D eigenvalue weighted by Crippen LogP contribution is -2.63. The van der Waals surface area contributed by atoms with E-state index in [9.17, 15) is 14.7 Å². The second-order valence-electron chi connectivity index (χ2n) is 10.6. The Morgan fingerprint density at radius 1 is 0.656 bits per heavy atom. The van der Waals surface area contributed by atoms with Gasteiger partial charge in [0.25, 0.3) is 0 Å². The minimum Gasteiger partial charge on any atom is -0.488 e. The maximum absolute atomic E-state index is 13.1. The Morgan fingerprint density at radius 3 is 1.22 bits per heavy atom. The van der Waals surface area contributed by atoms with E-state index in [0.29, 0.717) is 4.48 Å². The van der Waals surface area contributed by atoms with Crippen molar-refractivity contribution in [3.8, 4) is 0 Å². The number of likely N-dealkylation sites (N-methyl/N-ethyl adjacent to an activating group) is 1. The quantitative estimate of drug-likeness (QED) is 0.0793. The summed E-state index contributed by atoms with van der Waals surface area (Å²) in [5, 5.41) is 11.4. The van der Waals surface area contributed by atoms with Gasteiger partial charge in [-0.15, -0.1) is 0 Å². The van der Waals surface area contributed by atoms with Crippen molar-refractivity contribution < 1.29 is 19.2 Å². The number of carbonyl (C=O) groups excluding carboxylic acids is 2. The van der Waals surface area contributed by atoms with Crippen molar-refractivity contribution in [2.45, 2.75) is 141 Å². The van der Waals surface area contributed by atoms with Crippen LogP contribution >= 0.6 is 9.24 Å². The fourth-order valence-electron chi connectivity index (χ4n) is 4.24. The van der Waals surface area contributed by atoms with E-state index in [2.05, 4.69) is 23.1 Å². The van der Waals surface area contributed by atoms with Gasteiger partial charge in [0.2, 0.25) is 5.60 Å². The number of ketones is 2. The molecule has 1 N–H and O–H groups in total. The lowest BCUT2D eigenvalue weighted by molar-refractivity contribution is -0.885. The van der Waals surface area contributed by atoms with Crippen molar-refractivity contribution in [2.24, 2.45) is 0 Å². The van der Waals surface area contributed by atoms with Gasteiger partial charge in [-0.25, -0.2) is 0 Å². The van der Waals surface area contributed by atoms with Gasteiger partial charge in [-0.3, -0.25) is 9.59 Å². The molecule has 0 aliphatic rings. The largest absolute Gasteiger partial charge is 0.488 e. The first-order valence-electron chi connectivity index (χ1n) is 13.4. The first-order chi connectivity index (χ1) is 15.1. The third-order valence-corrected chi connectivity index (χ3v) is 7.73. The van der Waals surface area contributed by atoms with Gasteiger partial charge in [-0.1, -0.05) is 104 Å². The minimum atomic E-state index is -1.95. The molecule has 4 nitrogen and oxygen atoms in total. The molecule has 0 fully saturated rings. The molecule has 0 radical (unpaired) electrons. The van der Waals surface area contributed by atoms with Gasteiger partial charge < -0.3 is 18.8 Å². The number of Topliss-reactive ketones (excluding diaryl/α,β-unsaturated/α-hetero) is 2. The molecule has 0 aromatic heterocycles. The van der Waals surface area contributed by atoms with Crippen molar-refractivity contribution in [1.82, 2.24) is 0 Å².